The van der Waals surface area contributed by atoms with Crippen LogP contribution in [-0.2, 0) is 4.79 Å². The van der Waals surface area contributed by atoms with Gasteiger partial charge >= 0.3 is 0 Å². The maximum Gasteiger partial charge on any atom is 0.237 e. The van der Waals surface area contributed by atoms with Gasteiger partial charge in [-0.3, -0.25) is 4.79 Å². The van der Waals surface area contributed by atoms with Gasteiger partial charge in [0.15, 0.2) is 0 Å². The Morgan fingerprint density at radius 3 is 2.86 bits per heavy atom. The zero-order valence-corrected chi connectivity index (χ0v) is 8.26. The summed E-state index contributed by atoms with van der Waals surface area (Å²) >= 11 is 0. The van der Waals surface area contributed by atoms with E-state index in [9.17, 15) is 9.18 Å². The number of nitrogens with one attached hydrogen (secondary N) is 2. The topological polar surface area (TPSA) is 41.1 Å². The van der Waals surface area contributed by atoms with Crippen molar-refractivity contribution in [3.8, 4) is 0 Å². The Morgan fingerprint density at radius 2 is 2.29 bits per heavy atom. The quantitative estimate of drug-likeness (QED) is 0.698. The van der Waals surface area contributed by atoms with Gasteiger partial charge < -0.3 is 10.6 Å². The third kappa shape index (κ3) is 2.67. The second-order valence-corrected chi connectivity index (χ2v) is 4.32. The number of carbonyl (C=O) groups excluding carboxylic acids is 1. The molecule has 0 aromatic heterocycles. The molecule has 1 aliphatic heterocycles. The van der Waals surface area contributed by atoms with Gasteiger partial charge in [-0.15, -0.1) is 0 Å². The number of alkyl halides is 1. The first-order valence-corrected chi connectivity index (χ1v) is 5.41. The average Bonchev–Trinajstić information content (AvgIpc) is 2.87. The molecule has 1 aliphatic carbocycles. The van der Waals surface area contributed by atoms with Crippen molar-refractivity contribution in [1.82, 2.24) is 10.6 Å². The molecule has 0 aromatic rings. The van der Waals surface area contributed by atoms with E-state index < -0.39 is 6.17 Å². The minimum atomic E-state index is -0.853. The molecule has 1 heterocycles. The average molecular weight is 200 g/mol. The molecular formula is C10H17FN2O. The zero-order valence-electron chi connectivity index (χ0n) is 8.26. The smallest absolute Gasteiger partial charge is 0.237 e. The van der Waals surface area contributed by atoms with Crippen molar-refractivity contribution in [3.05, 3.63) is 0 Å². The maximum atomic E-state index is 12.8. The molecule has 1 amide bonds. The molecule has 14 heavy (non-hydrogen) atoms. The van der Waals surface area contributed by atoms with E-state index in [1.807, 2.05) is 0 Å². The number of amides is 1. The van der Waals surface area contributed by atoms with Crippen LogP contribution in [0.25, 0.3) is 0 Å². The van der Waals surface area contributed by atoms with Gasteiger partial charge in [0, 0.05) is 19.5 Å². The van der Waals surface area contributed by atoms with Crippen molar-refractivity contribution in [1.29, 1.82) is 0 Å². The van der Waals surface area contributed by atoms with Crippen LogP contribution in [0.1, 0.15) is 25.7 Å². The molecule has 0 bridgehead atoms. The summed E-state index contributed by atoms with van der Waals surface area (Å²) in [6.45, 7) is 1.07. The number of hydrogen-bond donors (Lipinski definition) is 2. The monoisotopic (exact) mass is 200 g/mol. The highest BCUT2D eigenvalue weighted by atomic mass is 19.1. The summed E-state index contributed by atoms with van der Waals surface area (Å²) in [5.74, 6) is 0.798. The van der Waals surface area contributed by atoms with Crippen molar-refractivity contribution in [3.63, 3.8) is 0 Å². The van der Waals surface area contributed by atoms with Gasteiger partial charge in [0.1, 0.15) is 6.17 Å². The van der Waals surface area contributed by atoms with Crippen molar-refractivity contribution < 1.29 is 9.18 Å². The minimum Gasteiger partial charge on any atom is -0.355 e. The van der Waals surface area contributed by atoms with Gasteiger partial charge in [0.05, 0.1) is 6.04 Å². The highest BCUT2D eigenvalue weighted by molar-refractivity contribution is 5.82. The lowest BCUT2D eigenvalue weighted by molar-refractivity contribution is -0.122. The Kier molecular flexibility index (Phi) is 3.01. The number of carbonyl (C=O) groups is 1. The van der Waals surface area contributed by atoms with E-state index in [0.717, 1.165) is 18.9 Å². The second kappa shape index (κ2) is 4.26. The fraction of sp³-hybridized carbons (Fsp3) is 0.900. The third-order valence-electron chi connectivity index (χ3n) is 2.94. The molecule has 0 aromatic carbocycles. The molecule has 80 valence electrons. The molecule has 1 saturated carbocycles. The predicted molar refractivity (Wildman–Crippen MR) is 51.7 cm³/mol. The van der Waals surface area contributed by atoms with Crippen LogP contribution in [-0.4, -0.2) is 31.2 Å². The Morgan fingerprint density at radius 1 is 1.50 bits per heavy atom. The second-order valence-electron chi connectivity index (χ2n) is 4.32. The third-order valence-corrected chi connectivity index (χ3v) is 2.94. The standard InChI is InChI=1S/C10H17FN2O/c11-8-5-9(13-6-8)10(14)12-4-3-7-1-2-7/h7-9,13H,1-6H2,(H,12,14)/t8-,9+/m0/s1. The minimum absolute atomic E-state index is 0.0363. The van der Waals surface area contributed by atoms with E-state index in [1.54, 1.807) is 0 Å². The normalized spacial score (nSPS) is 31.8. The Hall–Kier alpha value is -0.640. The molecule has 4 heteroatoms. The summed E-state index contributed by atoms with van der Waals surface area (Å²) in [5, 5.41) is 5.72. The van der Waals surface area contributed by atoms with Gasteiger partial charge in [-0.05, 0) is 12.3 Å². The molecule has 3 nitrogen and oxygen atoms in total. The van der Waals surface area contributed by atoms with Gasteiger partial charge in [-0.2, -0.15) is 0 Å². The lowest BCUT2D eigenvalue weighted by Gasteiger charge is -2.10. The van der Waals surface area contributed by atoms with Crippen LogP contribution in [0.15, 0.2) is 0 Å². The van der Waals surface area contributed by atoms with E-state index in [4.69, 9.17) is 0 Å². The SMILES string of the molecule is O=C(NCCC1CC1)[C@H]1C[C@H](F)CN1. The summed E-state index contributed by atoms with van der Waals surface area (Å²) in [6.07, 6.45) is 3.18. The summed E-state index contributed by atoms with van der Waals surface area (Å²) in [7, 11) is 0. The molecule has 2 rings (SSSR count). The van der Waals surface area contributed by atoms with E-state index in [2.05, 4.69) is 10.6 Å². The van der Waals surface area contributed by atoms with Crippen molar-refractivity contribution in [2.45, 2.75) is 37.9 Å². The molecule has 0 radical (unpaired) electrons. The van der Waals surface area contributed by atoms with Crippen LogP contribution >= 0.6 is 0 Å². The molecule has 2 N–H and O–H groups in total. The van der Waals surface area contributed by atoms with E-state index >= 15 is 0 Å². The van der Waals surface area contributed by atoms with Crippen molar-refractivity contribution >= 4 is 5.91 Å². The van der Waals surface area contributed by atoms with Crippen molar-refractivity contribution in [2.24, 2.45) is 5.92 Å². The Labute approximate surface area is 83.4 Å². The first-order valence-electron chi connectivity index (χ1n) is 5.41. The summed E-state index contributed by atoms with van der Waals surface area (Å²) < 4.78 is 12.8. The number of hydrogen-bond acceptors (Lipinski definition) is 2. The maximum absolute atomic E-state index is 12.8. The fourth-order valence-corrected chi connectivity index (χ4v) is 1.82. The molecule has 2 fully saturated rings. The molecule has 1 saturated heterocycles. The van der Waals surface area contributed by atoms with Crippen LogP contribution in [0.4, 0.5) is 4.39 Å². The van der Waals surface area contributed by atoms with Gasteiger partial charge in [0.2, 0.25) is 5.91 Å². The van der Waals surface area contributed by atoms with Crippen LogP contribution in [0.3, 0.4) is 0 Å². The van der Waals surface area contributed by atoms with E-state index in [1.165, 1.54) is 12.8 Å². The predicted octanol–water partition coefficient (Wildman–Crippen LogP) is 0.603. The summed E-state index contributed by atoms with van der Waals surface area (Å²) in [5.41, 5.74) is 0. The van der Waals surface area contributed by atoms with E-state index in [-0.39, 0.29) is 11.9 Å². The van der Waals surface area contributed by atoms with E-state index in [0.29, 0.717) is 13.0 Å². The van der Waals surface area contributed by atoms with Gasteiger partial charge in [-0.1, -0.05) is 12.8 Å². The molecule has 0 spiro atoms. The lowest BCUT2D eigenvalue weighted by Crippen LogP contribution is -2.40. The highest BCUT2D eigenvalue weighted by Gasteiger charge is 2.29. The molecule has 2 aliphatic rings. The molecule has 2 atom stereocenters. The largest absolute Gasteiger partial charge is 0.355 e. The van der Waals surface area contributed by atoms with Crippen LogP contribution in [0.5, 0.6) is 0 Å². The Balaban J connectivity index is 1.61. The Bertz CT molecular complexity index is 218. The highest BCUT2D eigenvalue weighted by Crippen LogP contribution is 2.31. The summed E-state index contributed by atoms with van der Waals surface area (Å²) in [6, 6.07) is -0.302. The zero-order chi connectivity index (χ0) is 9.97. The molecular weight excluding hydrogens is 183 g/mol. The van der Waals surface area contributed by atoms with Crippen LogP contribution in [0.2, 0.25) is 0 Å². The van der Waals surface area contributed by atoms with Gasteiger partial charge in [-0.25, -0.2) is 4.39 Å². The number of rotatable bonds is 4. The number of halogens is 1. The van der Waals surface area contributed by atoms with Crippen LogP contribution in [0, 0.1) is 5.92 Å². The van der Waals surface area contributed by atoms with Gasteiger partial charge in [0.25, 0.3) is 0 Å². The van der Waals surface area contributed by atoms with Crippen molar-refractivity contribution in [2.75, 3.05) is 13.1 Å². The van der Waals surface area contributed by atoms with Crippen LogP contribution < -0.4 is 10.6 Å². The first-order chi connectivity index (χ1) is 6.75. The first kappa shape index (κ1) is 9.90. The lowest BCUT2D eigenvalue weighted by atomic mass is 10.2. The fourth-order valence-electron chi connectivity index (χ4n) is 1.82. The summed E-state index contributed by atoms with van der Waals surface area (Å²) in [4.78, 5) is 11.5. The molecule has 0 unspecified atom stereocenters.